The number of esters is 1. The van der Waals surface area contributed by atoms with Gasteiger partial charge in [-0.05, 0) is 12.8 Å². The molecule has 1 amide bonds. The summed E-state index contributed by atoms with van der Waals surface area (Å²) >= 11 is 0. The SMILES string of the molecule is C=CCOC(=O)NC(CCCC)C(=O)OCCCCCCCCCCCC. The minimum atomic E-state index is -0.634. The second-order valence-electron chi connectivity index (χ2n) is 7.08. The first kappa shape index (κ1) is 25.5. The average molecular weight is 384 g/mol. The molecule has 0 aliphatic rings. The summed E-state index contributed by atoms with van der Waals surface area (Å²) in [7, 11) is 0. The van der Waals surface area contributed by atoms with E-state index in [9.17, 15) is 9.59 Å². The Morgan fingerprint density at radius 2 is 1.41 bits per heavy atom. The van der Waals surface area contributed by atoms with Crippen LogP contribution in [0.2, 0.25) is 0 Å². The van der Waals surface area contributed by atoms with Crippen molar-refractivity contribution in [2.24, 2.45) is 0 Å². The van der Waals surface area contributed by atoms with E-state index in [0.717, 1.165) is 25.7 Å². The molecule has 5 heteroatoms. The highest BCUT2D eigenvalue weighted by molar-refractivity contribution is 5.81. The lowest BCUT2D eigenvalue weighted by Gasteiger charge is -2.17. The van der Waals surface area contributed by atoms with Crippen LogP contribution in [0.1, 0.15) is 97.3 Å². The van der Waals surface area contributed by atoms with Crippen LogP contribution in [0.25, 0.3) is 0 Å². The Kier molecular flexibility index (Phi) is 18.2. The number of ether oxygens (including phenoxy) is 2. The number of hydrogen-bond donors (Lipinski definition) is 1. The van der Waals surface area contributed by atoms with E-state index in [-0.39, 0.29) is 12.6 Å². The Bertz CT molecular complexity index is 385. The van der Waals surface area contributed by atoms with Crippen molar-refractivity contribution in [2.75, 3.05) is 13.2 Å². The molecule has 1 N–H and O–H groups in total. The summed E-state index contributed by atoms with van der Waals surface area (Å²) in [6, 6.07) is -0.634. The number of hydrogen-bond acceptors (Lipinski definition) is 4. The van der Waals surface area contributed by atoms with Crippen molar-refractivity contribution < 1.29 is 19.1 Å². The quantitative estimate of drug-likeness (QED) is 0.181. The lowest BCUT2D eigenvalue weighted by Crippen LogP contribution is -2.42. The van der Waals surface area contributed by atoms with E-state index in [1.54, 1.807) is 0 Å². The van der Waals surface area contributed by atoms with Crippen LogP contribution in [-0.4, -0.2) is 31.3 Å². The molecule has 27 heavy (non-hydrogen) atoms. The van der Waals surface area contributed by atoms with Gasteiger partial charge in [0.25, 0.3) is 0 Å². The summed E-state index contributed by atoms with van der Waals surface area (Å²) in [5.41, 5.74) is 0. The first-order valence-electron chi connectivity index (χ1n) is 10.9. The van der Waals surface area contributed by atoms with Crippen LogP contribution in [-0.2, 0) is 14.3 Å². The highest BCUT2D eigenvalue weighted by Gasteiger charge is 2.22. The van der Waals surface area contributed by atoms with Crippen LogP contribution in [0.5, 0.6) is 0 Å². The first-order valence-corrected chi connectivity index (χ1v) is 10.9. The molecule has 0 saturated heterocycles. The van der Waals surface area contributed by atoms with Gasteiger partial charge in [-0.15, -0.1) is 0 Å². The third-order valence-corrected chi connectivity index (χ3v) is 4.50. The Morgan fingerprint density at radius 1 is 0.852 bits per heavy atom. The van der Waals surface area contributed by atoms with E-state index < -0.39 is 12.1 Å². The molecule has 0 radical (unpaired) electrons. The molecule has 0 aromatic carbocycles. The van der Waals surface area contributed by atoms with Crippen molar-refractivity contribution >= 4 is 12.1 Å². The molecule has 0 heterocycles. The maximum Gasteiger partial charge on any atom is 0.408 e. The zero-order valence-electron chi connectivity index (χ0n) is 17.6. The second-order valence-corrected chi connectivity index (χ2v) is 7.08. The molecule has 5 nitrogen and oxygen atoms in total. The van der Waals surface area contributed by atoms with Crippen molar-refractivity contribution in [3.05, 3.63) is 12.7 Å². The molecule has 0 saturated carbocycles. The number of alkyl carbamates (subject to hydrolysis) is 1. The van der Waals surface area contributed by atoms with Crippen LogP contribution < -0.4 is 5.32 Å². The largest absolute Gasteiger partial charge is 0.464 e. The van der Waals surface area contributed by atoms with E-state index in [4.69, 9.17) is 9.47 Å². The van der Waals surface area contributed by atoms with Crippen LogP contribution >= 0.6 is 0 Å². The van der Waals surface area contributed by atoms with Crippen molar-refractivity contribution in [3.8, 4) is 0 Å². The molecule has 0 rings (SSSR count). The van der Waals surface area contributed by atoms with Gasteiger partial charge in [-0.2, -0.15) is 0 Å². The third kappa shape index (κ3) is 16.4. The molecule has 158 valence electrons. The molecule has 0 aromatic heterocycles. The maximum atomic E-state index is 12.2. The van der Waals surface area contributed by atoms with Crippen LogP contribution in [0.4, 0.5) is 4.79 Å². The fourth-order valence-electron chi connectivity index (χ4n) is 2.84. The molecule has 0 aliphatic carbocycles. The van der Waals surface area contributed by atoms with Crippen molar-refractivity contribution in [3.63, 3.8) is 0 Å². The smallest absolute Gasteiger partial charge is 0.408 e. The van der Waals surface area contributed by atoms with Crippen LogP contribution in [0.3, 0.4) is 0 Å². The molecule has 0 spiro atoms. The van der Waals surface area contributed by atoms with Crippen molar-refractivity contribution in [2.45, 2.75) is 103 Å². The van der Waals surface area contributed by atoms with Crippen LogP contribution in [0.15, 0.2) is 12.7 Å². The normalized spacial score (nSPS) is 11.6. The monoisotopic (exact) mass is 383 g/mol. The Balaban J connectivity index is 3.82. The second kappa shape index (κ2) is 19.2. The Morgan fingerprint density at radius 3 is 1.96 bits per heavy atom. The topological polar surface area (TPSA) is 64.6 Å². The van der Waals surface area contributed by atoms with Gasteiger partial charge in [0.15, 0.2) is 0 Å². The predicted molar refractivity (Wildman–Crippen MR) is 111 cm³/mol. The first-order chi connectivity index (χ1) is 13.2. The van der Waals surface area contributed by atoms with Gasteiger partial charge in [-0.25, -0.2) is 9.59 Å². The van der Waals surface area contributed by atoms with E-state index in [1.807, 2.05) is 6.92 Å². The number of carbonyl (C=O) groups is 2. The van der Waals surface area contributed by atoms with Gasteiger partial charge in [-0.1, -0.05) is 97.1 Å². The number of nitrogens with one attached hydrogen (secondary N) is 1. The fraction of sp³-hybridized carbons (Fsp3) is 0.818. The highest BCUT2D eigenvalue weighted by atomic mass is 16.6. The molecule has 0 aliphatic heterocycles. The highest BCUT2D eigenvalue weighted by Crippen LogP contribution is 2.11. The third-order valence-electron chi connectivity index (χ3n) is 4.50. The zero-order chi connectivity index (χ0) is 20.2. The molecule has 0 aromatic rings. The van der Waals surface area contributed by atoms with Gasteiger partial charge in [0.1, 0.15) is 12.6 Å². The van der Waals surface area contributed by atoms with Gasteiger partial charge in [0, 0.05) is 0 Å². The molecule has 0 fully saturated rings. The van der Waals surface area contributed by atoms with Crippen molar-refractivity contribution in [1.29, 1.82) is 0 Å². The van der Waals surface area contributed by atoms with E-state index >= 15 is 0 Å². The standard InChI is InChI=1S/C22H41NO4/c1-4-7-9-10-11-12-13-14-15-16-19-26-21(24)20(17-8-5-2)23-22(25)27-18-6-3/h6,20H,3-5,7-19H2,1-2H3,(H,23,25). The maximum absolute atomic E-state index is 12.2. The summed E-state index contributed by atoms with van der Waals surface area (Å²) < 4.78 is 10.2. The predicted octanol–water partition coefficient (Wildman–Crippen LogP) is 5.92. The molecular weight excluding hydrogens is 342 g/mol. The summed E-state index contributed by atoms with van der Waals surface area (Å²) in [6.07, 6.45) is 15.7. The lowest BCUT2D eigenvalue weighted by molar-refractivity contribution is -0.146. The minimum absolute atomic E-state index is 0.125. The molecule has 0 bridgehead atoms. The number of rotatable bonds is 18. The molecule has 1 atom stereocenters. The van der Waals surface area contributed by atoms with Gasteiger partial charge < -0.3 is 14.8 Å². The zero-order valence-corrected chi connectivity index (χ0v) is 17.6. The average Bonchev–Trinajstić information content (AvgIpc) is 2.67. The summed E-state index contributed by atoms with van der Waals surface area (Å²) in [5, 5.41) is 2.59. The van der Waals surface area contributed by atoms with Gasteiger partial charge in [0.05, 0.1) is 6.61 Å². The summed E-state index contributed by atoms with van der Waals surface area (Å²) in [6.45, 7) is 8.32. The molecule has 1 unspecified atom stereocenters. The number of unbranched alkanes of at least 4 members (excludes halogenated alkanes) is 10. The van der Waals surface area contributed by atoms with Gasteiger partial charge >= 0.3 is 12.1 Å². The Hall–Kier alpha value is -1.52. The molecular formula is C22H41NO4. The number of amides is 1. The summed E-state index contributed by atoms with van der Waals surface area (Å²) in [4.78, 5) is 23.9. The van der Waals surface area contributed by atoms with Gasteiger partial charge in [-0.3, -0.25) is 0 Å². The van der Waals surface area contributed by atoms with E-state index in [2.05, 4.69) is 18.8 Å². The van der Waals surface area contributed by atoms with E-state index in [0.29, 0.717) is 13.0 Å². The van der Waals surface area contributed by atoms with Crippen LogP contribution in [0, 0.1) is 0 Å². The van der Waals surface area contributed by atoms with Gasteiger partial charge in [0.2, 0.25) is 0 Å². The Labute approximate surface area is 166 Å². The fourth-order valence-corrected chi connectivity index (χ4v) is 2.84. The van der Waals surface area contributed by atoms with Crippen molar-refractivity contribution in [1.82, 2.24) is 5.32 Å². The number of carbonyl (C=O) groups excluding carboxylic acids is 2. The summed E-state index contributed by atoms with van der Waals surface area (Å²) in [5.74, 6) is -0.366. The lowest BCUT2D eigenvalue weighted by atomic mass is 10.1. The van der Waals surface area contributed by atoms with E-state index in [1.165, 1.54) is 57.4 Å². The minimum Gasteiger partial charge on any atom is -0.464 e.